The zero-order valence-electron chi connectivity index (χ0n) is 9.08. The maximum atomic E-state index is 8.98. The largest absolute Gasteiger partial charge is 0.396 e. The molecule has 82 valence electrons. The van der Waals surface area contributed by atoms with Gasteiger partial charge in [0.25, 0.3) is 0 Å². The van der Waals surface area contributed by atoms with Crippen LogP contribution in [0.2, 0.25) is 0 Å². The standard InChI is InChI=1S/C11H22N2O/c1-9-4-6-13(11-2-3-11)8-10(12-9)5-7-14/h9-12,14H,2-8H2,1H3. The van der Waals surface area contributed by atoms with Gasteiger partial charge in [-0.05, 0) is 39.2 Å². The maximum absolute atomic E-state index is 8.98. The van der Waals surface area contributed by atoms with Crippen molar-refractivity contribution in [3.05, 3.63) is 0 Å². The number of nitrogens with one attached hydrogen (secondary N) is 1. The fourth-order valence-corrected chi connectivity index (χ4v) is 2.37. The van der Waals surface area contributed by atoms with E-state index >= 15 is 0 Å². The van der Waals surface area contributed by atoms with Crippen LogP contribution in [0.15, 0.2) is 0 Å². The summed E-state index contributed by atoms with van der Waals surface area (Å²) in [5, 5.41) is 12.6. The topological polar surface area (TPSA) is 35.5 Å². The van der Waals surface area contributed by atoms with Crippen LogP contribution in [0.25, 0.3) is 0 Å². The zero-order chi connectivity index (χ0) is 9.97. The highest BCUT2D eigenvalue weighted by Gasteiger charge is 2.32. The molecule has 1 saturated carbocycles. The second-order valence-electron chi connectivity index (χ2n) is 4.79. The van der Waals surface area contributed by atoms with E-state index in [-0.39, 0.29) is 0 Å². The van der Waals surface area contributed by atoms with Gasteiger partial charge in [0.1, 0.15) is 0 Å². The first-order valence-corrected chi connectivity index (χ1v) is 5.90. The molecule has 0 radical (unpaired) electrons. The molecule has 2 N–H and O–H groups in total. The predicted molar refractivity (Wildman–Crippen MR) is 57.3 cm³/mol. The van der Waals surface area contributed by atoms with E-state index in [9.17, 15) is 0 Å². The second kappa shape index (κ2) is 4.60. The highest BCUT2D eigenvalue weighted by Crippen LogP contribution is 2.28. The lowest BCUT2D eigenvalue weighted by Gasteiger charge is -2.23. The fraction of sp³-hybridized carbons (Fsp3) is 1.00. The minimum absolute atomic E-state index is 0.308. The Bertz CT molecular complexity index is 182. The molecule has 2 fully saturated rings. The van der Waals surface area contributed by atoms with Crippen molar-refractivity contribution in [2.45, 2.75) is 50.7 Å². The van der Waals surface area contributed by atoms with Crippen LogP contribution in [0.4, 0.5) is 0 Å². The van der Waals surface area contributed by atoms with Crippen LogP contribution in [0.3, 0.4) is 0 Å². The Morgan fingerprint density at radius 1 is 1.36 bits per heavy atom. The number of aliphatic hydroxyl groups is 1. The number of rotatable bonds is 3. The molecule has 2 rings (SSSR count). The normalized spacial score (nSPS) is 35.6. The third-order valence-corrected chi connectivity index (χ3v) is 3.37. The molecule has 3 heteroatoms. The molecule has 0 bridgehead atoms. The van der Waals surface area contributed by atoms with Crippen molar-refractivity contribution >= 4 is 0 Å². The molecule has 0 spiro atoms. The van der Waals surface area contributed by atoms with Gasteiger partial charge in [-0.3, -0.25) is 4.90 Å². The molecule has 2 unspecified atom stereocenters. The lowest BCUT2D eigenvalue weighted by atomic mass is 10.2. The maximum Gasteiger partial charge on any atom is 0.0446 e. The van der Waals surface area contributed by atoms with Crippen molar-refractivity contribution in [1.82, 2.24) is 10.2 Å². The van der Waals surface area contributed by atoms with Gasteiger partial charge in [-0.2, -0.15) is 0 Å². The average molecular weight is 198 g/mol. The third-order valence-electron chi connectivity index (χ3n) is 3.37. The molecule has 1 aliphatic carbocycles. The lowest BCUT2D eigenvalue weighted by molar-refractivity contribution is 0.221. The van der Waals surface area contributed by atoms with Crippen molar-refractivity contribution in [2.24, 2.45) is 0 Å². The number of hydrogen-bond acceptors (Lipinski definition) is 3. The van der Waals surface area contributed by atoms with Gasteiger partial charge in [-0.15, -0.1) is 0 Å². The molecule has 0 aromatic carbocycles. The van der Waals surface area contributed by atoms with E-state index in [1.165, 1.54) is 25.8 Å². The summed E-state index contributed by atoms with van der Waals surface area (Å²) >= 11 is 0. The van der Waals surface area contributed by atoms with E-state index in [2.05, 4.69) is 17.1 Å². The van der Waals surface area contributed by atoms with Crippen molar-refractivity contribution in [2.75, 3.05) is 19.7 Å². The Kier molecular flexibility index (Phi) is 3.42. The van der Waals surface area contributed by atoms with Gasteiger partial charge in [0.2, 0.25) is 0 Å². The highest BCUT2D eigenvalue weighted by atomic mass is 16.3. The van der Waals surface area contributed by atoms with Gasteiger partial charge in [0.05, 0.1) is 0 Å². The Labute approximate surface area is 86.5 Å². The molecular weight excluding hydrogens is 176 g/mol. The molecule has 14 heavy (non-hydrogen) atoms. The number of aliphatic hydroxyl groups excluding tert-OH is 1. The van der Waals surface area contributed by atoms with E-state index in [1.807, 2.05) is 0 Å². The molecule has 2 atom stereocenters. The van der Waals surface area contributed by atoms with Crippen LogP contribution < -0.4 is 5.32 Å². The monoisotopic (exact) mass is 198 g/mol. The lowest BCUT2D eigenvalue weighted by Crippen LogP contribution is -2.41. The summed E-state index contributed by atoms with van der Waals surface area (Å²) in [6.07, 6.45) is 4.92. The summed E-state index contributed by atoms with van der Waals surface area (Å²) in [7, 11) is 0. The van der Waals surface area contributed by atoms with Crippen LogP contribution in [0.1, 0.15) is 32.6 Å². The van der Waals surface area contributed by atoms with E-state index in [0.717, 1.165) is 19.0 Å². The van der Waals surface area contributed by atoms with Gasteiger partial charge in [-0.1, -0.05) is 0 Å². The summed E-state index contributed by atoms with van der Waals surface area (Å²) in [4.78, 5) is 2.61. The first-order valence-electron chi connectivity index (χ1n) is 5.90. The quantitative estimate of drug-likeness (QED) is 0.696. The SMILES string of the molecule is CC1CCN(C2CC2)CC(CCO)N1. The number of hydrogen-bond donors (Lipinski definition) is 2. The van der Waals surface area contributed by atoms with Gasteiger partial charge in [0.15, 0.2) is 0 Å². The molecule has 1 heterocycles. The Morgan fingerprint density at radius 2 is 2.14 bits per heavy atom. The first kappa shape index (κ1) is 10.4. The van der Waals surface area contributed by atoms with Crippen LogP contribution in [0.5, 0.6) is 0 Å². The van der Waals surface area contributed by atoms with E-state index in [0.29, 0.717) is 18.7 Å². The molecule has 2 aliphatic rings. The first-order chi connectivity index (χ1) is 6.79. The van der Waals surface area contributed by atoms with Crippen molar-refractivity contribution < 1.29 is 5.11 Å². The van der Waals surface area contributed by atoms with Gasteiger partial charge < -0.3 is 10.4 Å². The molecule has 1 saturated heterocycles. The van der Waals surface area contributed by atoms with E-state index < -0.39 is 0 Å². The fourth-order valence-electron chi connectivity index (χ4n) is 2.37. The van der Waals surface area contributed by atoms with Crippen LogP contribution in [-0.2, 0) is 0 Å². The van der Waals surface area contributed by atoms with E-state index in [4.69, 9.17) is 5.11 Å². The Balaban J connectivity index is 1.88. The molecule has 1 aliphatic heterocycles. The van der Waals surface area contributed by atoms with Gasteiger partial charge in [0, 0.05) is 31.3 Å². The van der Waals surface area contributed by atoms with Crippen molar-refractivity contribution in [3.63, 3.8) is 0 Å². The average Bonchev–Trinajstić information content (AvgIpc) is 2.92. The summed E-state index contributed by atoms with van der Waals surface area (Å²) in [5.74, 6) is 0. The summed E-state index contributed by atoms with van der Waals surface area (Å²) in [6.45, 7) is 4.93. The van der Waals surface area contributed by atoms with Crippen molar-refractivity contribution in [1.29, 1.82) is 0 Å². The Morgan fingerprint density at radius 3 is 2.79 bits per heavy atom. The number of nitrogens with zero attached hydrogens (tertiary/aromatic N) is 1. The molecule has 0 aromatic heterocycles. The predicted octanol–water partition coefficient (Wildman–Crippen LogP) is 0.584. The third kappa shape index (κ3) is 2.69. The van der Waals surface area contributed by atoms with Crippen LogP contribution >= 0.6 is 0 Å². The minimum atomic E-state index is 0.308. The van der Waals surface area contributed by atoms with Crippen LogP contribution in [0, 0.1) is 0 Å². The minimum Gasteiger partial charge on any atom is -0.396 e. The van der Waals surface area contributed by atoms with Crippen molar-refractivity contribution in [3.8, 4) is 0 Å². The summed E-state index contributed by atoms with van der Waals surface area (Å²) in [6, 6.07) is 1.97. The van der Waals surface area contributed by atoms with Gasteiger partial charge in [-0.25, -0.2) is 0 Å². The van der Waals surface area contributed by atoms with Crippen LogP contribution in [-0.4, -0.2) is 47.8 Å². The highest BCUT2D eigenvalue weighted by molar-refractivity contribution is 4.90. The van der Waals surface area contributed by atoms with Gasteiger partial charge >= 0.3 is 0 Å². The Hall–Kier alpha value is -0.120. The van der Waals surface area contributed by atoms with E-state index in [1.54, 1.807) is 0 Å². The summed E-state index contributed by atoms with van der Waals surface area (Å²) < 4.78 is 0. The molecule has 3 nitrogen and oxygen atoms in total. The smallest absolute Gasteiger partial charge is 0.0446 e. The summed E-state index contributed by atoms with van der Waals surface area (Å²) in [5.41, 5.74) is 0. The molecule has 0 amide bonds. The second-order valence-corrected chi connectivity index (χ2v) is 4.79. The molecule has 0 aromatic rings. The molecular formula is C11H22N2O. The zero-order valence-corrected chi connectivity index (χ0v) is 9.08.